The van der Waals surface area contributed by atoms with Crippen molar-refractivity contribution in [1.82, 2.24) is 0 Å². The van der Waals surface area contributed by atoms with Gasteiger partial charge in [0, 0.05) is 0 Å². The van der Waals surface area contributed by atoms with E-state index in [1.165, 1.54) is 19.5 Å². The Kier molecular flexibility index (Phi) is 2.57. The van der Waals surface area contributed by atoms with Gasteiger partial charge in [-0.05, 0) is 0 Å². The molecule has 0 spiro atoms. The van der Waals surface area contributed by atoms with Crippen LogP contribution in [-0.2, 0) is 0 Å². The first-order chi connectivity index (χ1) is 7.55. The molecule has 2 aromatic heterocycles. The molecule has 0 aliphatic carbocycles. The van der Waals surface area contributed by atoms with Crippen LogP contribution in [0.15, 0.2) is 30.3 Å². The summed E-state index contributed by atoms with van der Waals surface area (Å²) >= 11 is 2.12. The Morgan fingerprint density at radius 1 is 0.938 bits per heavy atom. The molecule has 16 heavy (non-hydrogen) atoms. The third kappa shape index (κ3) is 1.71. The van der Waals surface area contributed by atoms with E-state index in [0.29, 0.717) is 0 Å². The summed E-state index contributed by atoms with van der Waals surface area (Å²) in [6.45, 7) is 0. The van der Waals surface area contributed by atoms with Crippen molar-refractivity contribution in [3.8, 4) is 0 Å². The molecule has 3 heteroatoms. The van der Waals surface area contributed by atoms with Crippen LogP contribution in [0.1, 0.15) is 0 Å². The van der Waals surface area contributed by atoms with E-state index in [9.17, 15) is 0 Å². The van der Waals surface area contributed by atoms with Crippen LogP contribution < -0.4 is 2.89 Å². The van der Waals surface area contributed by atoms with Gasteiger partial charge in [0.05, 0.1) is 0 Å². The summed E-state index contributed by atoms with van der Waals surface area (Å²) in [4.78, 5) is 7.48. The van der Waals surface area contributed by atoms with Crippen molar-refractivity contribution in [3.63, 3.8) is 0 Å². The van der Waals surface area contributed by atoms with Crippen LogP contribution in [0.5, 0.6) is 0 Å². The third-order valence-corrected chi connectivity index (χ3v) is 14.6. The molecular formula is C13H14S2Sn. The second kappa shape index (κ2) is 3.72. The van der Waals surface area contributed by atoms with Gasteiger partial charge in [-0.25, -0.2) is 0 Å². The Labute approximate surface area is 108 Å². The van der Waals surface area contributed by atoms with E-state index in [1.54, 1.807) is 2.89 Å². The fraction of sp³-hybridized carbons (Fsp3) is 0.231. The van der Waals surface area contributed by atoms with Crippen molar-refractivity contribution >= 4 is 63.4 Å². The minimum absolute atomic E-state index is 1.43. The molecule has 0 atom stereocenters. The maximum atomic E-state index is 2.49. The first-order valence-corrected chi connectivity index (χ1v) is 17.1. The van der Waals surface area contributed by atoms with Gasteiger partial charge in [-0.1, -0.05) is 0 Å². The fourth-order valence-corrected chi connectivity index (χ4v) is 9.89. The molecule has 3 aromatic rings. The Balaban J connectivity index is 2.35. The summed E-state index contributed by atoms with van der Waals surface area (Å²) in [7, 11) is 0. The number of thiophene rings is 2. The molecule has 0 unspecified atom stereocenters. The molecule has 0 radical (unpaired) electrons. The van der Waals surface area contributed by atoms with Crippen LogP contribution >= 0.6 is 22.7 Å². The van der Waals surface area contributed by atoms with Crippen LogP contribution in [0.4, 0.5) is 0 Å². The van der Waals surface area contributed by atoms with Gasteiger partial charge in [0.15, 0.2) is 0 Å². The van der Waals surface area contributed by atoms with E-state index in [2.05, 4.69) is 45.2 Å². The molecular weight excluding hydrogens is 339 g/mol. The topological polar surface area (TPSA) is 0 Å². The van der Waals surface area contributed by atoms with Crippen LogP contribution in [-0.4, -0.2) is 18.4 Å². The van der Waals surface area contributed by atoms with E-state index in [1.807, 2.05) is 22.7 Å². The summed E-state index contributed by atoms with van der Waals surface area (Å²) < 4.78 is 6.13. The van der Waals surface area contributed by atoms with Crippen LogP contribution in [0.3, 0.4) is 0 Å². The summed E-state index contributed by atoms with van der Waals surface area (Å²) in [5, 5.41) is 1.45. The Hall–Kier alpha value is -0.0613. The quantitative estimate of drug-likeness (QED) is 0.558. The Morgan fingerprint density at radius 3 is 2.44 bits per heavy atom. The van der Waals surface area contributed by atoms with Gasteiger partial charge in [-0.15, -0.1) is 0 Å². The van der Waals surface area contributed by atoms with Crippen LogP contribution in [0.2, 0.25) is 14.8 Å². The van der Waals surface area contributed by atoms with Gasteiger partial charge in [-0.2, -0.15) is 0 Å². The van der Waals surface area contributed by atoms with Gasteiger partial charge in [-0.3, -0.25) is 0 Å². The van der Waals surface area contributed by atoms with Crippen molar-refractivity contribution in [2.75, 3.05) is 0 Å². The molecule has 0 bridgehead atoms. The first-order valence-electron chi connectivity index (χ1n) is 5.47. The third-order valence-electron chi connectivity index (χ3n) is 2.79. The molecule has 0 nitrogen and oxygen atoms in total. The van der Waals surface area contributed by atoms with Gasteiger partial charge in [0.25, 0.3) is 0 Å². The number of benzene rings is 1. The van der Waals surface area contributed by atoms with Crippen molar-refractivity contribution in [1.29, 1.82) is 0 Å². The molecule has 0 fully saturated rings. The molecule has 0 aliphatic rings. The summed E-state index contributed by atoms with van der Waals surface area (Å²) in [5.74, 6) is 0. The van der Waals surface area contributed by atoms with E-state index in [-0.39, 0.29) is 0 Å². The summed E-state index contributed by atoms with van der Waals surface area (Å²) in [5.41, 5.74) is 0. The second-order valence-corrected chi connectivity index (χ2v) is 22.7. The monoisotopic (exact) mass is 354 g/mol. The summed E-state index contributed by atoms with van der Waals surface area (Å²) in [6.07, 6.45) is 0. The zero-order chi connectivity index (χ0) is 11.3. The molecule has 82 valence electrons. The second-order valence-electron chi connectivity index (χ2n) is 5.15. The van der Waals surface area contributed by atoms with Crippen molar-refractivity contribution < 1.29 is 0 Å². The molecule has 1 aromatic carbocycles. The molecule has 0 saturated carbocycles. The zero-order valence-corrected chi connectivity index (χ0v) is 14.2. The SMILES string of the molecule is [CH3][Sn]([CH3])([CH3])[c]1cc2sc3ccccc3c2s1. The average molecular weight is 353 g/mol. The zero-order valence-electron chi connectivity index (χ0n) is 9.70. The number of fused-ring (bicyclic) bond motifs is 3. The molecule has 0 N–H and O–H groups in total. The van der Waals surface area contributed by atoms with E-state index < -0.39 is 18.4 Å². The average Bonchev–Trinajstić information content (AvgIpc) is 2.72. The molecule has 0 amide bonds. The Bertz CT molecular complexity index is 655. The number of hydrogen-bond acceptors (Lipinski definition) is 2. The maximum absolute atomic E-state index is 2.49. The van der Waals surface area contributed by atoms with E-state index in [0.717, 1.165) is 0 Å². The van der Waals surface area contributed by atoms with Gasteiger partial charge < -0.3 is 0 Å². The Morgan fingerprint density at radius 2 is 1.69 bits per heavy atom. The predicted molar refractivity (Wildman–Crippen MR) is 80.2 cm³/mol. The van der Waals surface area contributed by atoms with Crippen molar-refractivity contribution in [2.24, 2.45) is 0 Å². The van der Waals surface area contributed by atoms with E-state index in [4.69, 9.17) is 0 Å². The van der Waals surface area contributed by atoms with Crippen LogP contribution in [0, 0.1) is 0 Å². The normalized spacial score (nSPS) is 12.7. The molecule has 0 saturated heterocycles. The summed E-state index contributed by atoms with van der Waals surface area (Å²) in [6, 6.07) is 11.2. The standard InChI is InChI=1S/C10H5S2.3CH3.Sn/c1-2-4-8-7(3-1)10-9(12-8)5-6-11-10;;;;/h1-5H;3*1H3;. The fourth-order valence-electron chi connectivity index (χ4n) is 1.87. The van der Waals surface area contributed by atoms with Gasteiger partial charge in [0.1, 0.15) is 0 Å². The van der Waals surface area contributed by atoms with Crippen LogP contribution in [0.25, 0.3) is 19.5 Å². The number of rotatable bonds is 1. The first kappa shape index (κ1) is 11.1. The predicted octanol–water partition coefficient (Wildman–Crippen LogP) is 4.66. The van der Waals surface area contributed by atoms with Crippen molar-refractivity contribution in [2.45, 2.75) is 14.8 Å². The molecule has 2 heterocycles. The van der Waals surface area contributed by atoms with Crippen molar-refractivity contribution in [3.05, 3.63) is 30.3 Å². The molecule has 3 rings (SSSR count). The number of hydrogen-bond donors (Lipinski definition) is 0. The van der Waals surface area contributed by atoms with Gasteiger partial charge in [0.2, 0.25) is 0 Å². The van der Waals surface area contributed by atoms with Gasteiger partial charge >= 0.3 is 109 Å². The minimum atomic E-state index is -1.86. The molecule has 0 aliphatic heterocycles. The van der Waals surface area contributed by atoms with E-state index >= 15 is 0 Å².